The molecule has 0 saturated carbocycles. The van der Waals surface area contributed by atoms with Gasteiger partial charge in [-0.25, -0.2) is 4.79 Å². The van der Waals surface area contributed by atoms with Gasteiger partial charge in [0.2, 0.25) is 0 Å². The smallest absolute Gasteiger partial charge is 0.340 e. The summed E-state index contributed by atoms with van der Waals surface area (Å²) < 4.78 is 17.2. The van der Waals surface area contributed by atoms with Crippen LogP contribution in [0.1, 0.15) is 20.0 Å². The molecule has 0 atom stereocenters. The third-order valence-electron chi connectivity index (χ3n) is 4.28. The van der Waals surface area contributed by atoms with E-state index in [9.17, 15) is 14.4 Å². The lowest BCUT2D eigenvalue weighted by Crippen LogP contribution is -2.22. The molecule has 2 aromatic carbocycles. The number of nitrogens with one attached hydrogen (secondary N) is 2. The van der Waals surface area contributed by atoms with E-state index in [1.807, 2.05) is 0 Å². The molecule has 8 nitrogen and oxygen atoms in total. The minimum Gasteiger partial charge on any atom is -0.493 e. The lowest BCUT2D eigenvalue weighted by Gasteiger charge is -2.15. The third kappa shape index (κ3) is 6.34. The van der Waals surface area contributed by atoms with Gasteiger partial charge in [0, 0.05) is 21.1 Å². The van der Waals surface area contributed by atoms with Gasteiger partial charge in [-0.05, 0) is 45.6 Å². The molecule has 172 valence electrons. The van der Waals surface area contributed by atoms with Crippen LogP contribution in [-0.2, 0) is 9.53 Å². The molecule has 0 unspecified atom stereocenters. The van der Waals surface area contributed by atoms with Gasteiger partial charge >= 0.3 is 5.97 Å². The van der Waals surface area contributed by atoms with Gasteiger partial charge in [0.1, 0.15) is 0 Å². The van der Waals surface area contributed by atoms with Crippen molar-refractivity contribution >= 4 is 72.4 Å². The fourth-order valence-corrected chi connectivity index (χ4v) is 4.49. The Bertz CT molecular complexity index is 1180. The molecule has 3 rings (SSSR count). The molecule has 1 heterocycles. The highest BCUT2D eigenvalue weighted by molar-refractivity contribution is 9.11. The van der Waals surface area contributed by atoms with E-state index in [2.05, 4.69) is 42.5 Å². The quantitative estimate of drug-likeness (QED) is 0.340. The number of hydrogen-bond donors (Lipinski definition) is 2. The highest BCUT2D eigenvalue weighted by Crippen LogP contribution is 2.34. The van der Waals surface area contributed by atoms with Crippen molar-refractivity contribution in [2.75, 3.05) is 31.5 Å². The van der Waals surface area contributed by atoms with Gasteiger partial charge in [0.25, 0.3) is 11.8 Å². The van der Waals surface area contributed by atoms with Crippen LogP contribution in [0.15, 0.2) is 56.8 Å². The molecule has 33 heavy (non-hydrogen) atoms. The van der Waals surface area contributed by atoms with E-state index in [0.717, 1.165) is 4.47 Å². The average molecular weight is 598 g/mol. The lowest BCUT2D eigenvalue weighted by molar-refractivity contribution is -0.119. The zero-order valence-electron chi connectivity index (χ0n) is 17.4. The molecule has 0 aliphatic heterocycles. The molecule has 0 saturated heterocycles. The molecule has 0 spiro atoms. The molecule has 0 fully saturated rings. The number of hydrogen-bond acceptors (Lipinski definition) is 7. The van der Waals surface area contributed by atoms with Crippen LogP contribution in [0, 0.1) is 0 Å². The lowest BCUT2D eigenvalue weighted by atomic mass is 10.1. The van der Waals surface area contributed by atoms with Crippen LogP contribution in [0.4, 0.5) is 11.4 Å². The average Bonchev–Trinajstić information content (AvgIpc) is 3.34. The number of rotatable bonds is 8. The van der Waals surface area contributed by atoms with Gasteiger partial charge in [0.15, 0.2) is 18.1 Å². The van der Waals surface area contributed by atoms with Crippen LogP contribution in [0.3, 0.4) is 0 Å². The summed E-state index contributed by atoms with van der Waals surface area (Å²) in [5.74, 6) is -1.17. The maximum Gasteiger partial charge on any atom is 0.340 e. The number of halogens is 2. The largest absolute Gasteiger partial charge is 0.493 e. The number of carbonyl (C=O) groups excluding carboxylic acids is 3. The Morgan fingerprint density at radius 2 is 1.67 bits per heavy atom. The summed E-state index contributed by atoms with van der Waals surface area (Å²) in [4.78, 5) is 38.1. The summed E-state index contributed by atoms with van der Waals surface area (Å²) >= 11 is 7.94. The van der Waals surface area contributed by atoms with Crippen LogP contribution in [0.2, 0.25) is 0 Å². The minimum absolute atomic E-state index is 0.00942. The Morgan fingerprint density at radius 3 is 2.30 bits per heavy atom. The van der Waals surface area contributed by atoms with Crippen LogP contribution in [-0.4, -0.2) is 38.6 Å². The standard InChI is InChI=1S/C22H18Br2N2O6S/c1-30-17-9-13(16(10-18(17)31-2)26-21(28)19-4-3-7-33-19)22(29)32-11-20(27)25-15-6-5-12(23)8-14(15)24/h3-10H,11H2,1-2H3,(H,25,27)(H,26,28). The number of methoxy groups -OCH3 is 2. The Balaban J connectivity index is 1.77. The van der Waals surface area contributed by atoms with E-state index in [4.69, 9.17) is 14.2 Å². The van der Waals surface area contributed by atoms with Gasteiger partial charge < -0.3 is 24.8 Å². The zero-order valence-corrected chi connectivity index (χ0v) is 21.4. The molecule has 3 aromatic rings. The molecule has 1 aromatic heterocycles. The maximum absolute atomic E-state index is 12.8. The first-order valence-electron chi connectivity index (χ1n) is 9.35. The number of carbonyl (C=O) groups is 3. The topological polar surface area (TPSA) is 103 Å². The first-order valence-corrected chi connectivity index (χ1v) is 11.8. The molecule has 0 aliphatic carbocycles. The van der Waals surface area contributed by atoms with Crippen LogP contribution >= 0.6 is 43.2 Å². The molecule has 11 heteroatoms. The zero-order chi connectivity index (χ0) is 24.0. The van der Waals surface area contributed by atoms with Gasteiger partial charge in [-0.1, -0.05) is 22.0 Å². The van der Waals surface area contributed by atoms with Crippen molar-refractivity contribution in [1.29, 1.82) is 0 Å². The highest BCUT2D eigenvalue weighted by Gasteiger charge is 2.21. The summed E-state index contributed by atoms with van der Waals surface area (Å²) in [5.41, 5.74) is 0.691. The minimum atomic E-state index is -0.817. The van der Waals surface area contributed by atoms with Gasteiger partial charge in [0.05, 0.1) is 36.0 Å². The second-order valence-corrected chi connectivity index (χ2v) is 9.15. The first kappa shape index (κ1) is 24.7. The summed E-state index contributed by atoms with van der Waals surface area (Å²) in [5, 5.41) is 7.10. The Kier molecular flexibility index (Phi) is 8.48. The molecular weight excluding hydrogens is 580 g/mol. The number of thiophene rings is 1. The molecular formula is C22H18Br2N2O6S. The number of benzene rings is 2. The van der Waals surface area contributed by atoms with Crippen molar-refractivity contribution in [3.63, 3.8) is 0 Å². The number of amides is 2. The van der Waals surface area contributed by atoms with E-state index < -0.39 is 24.4 Å². The second-order valence-electron chi connectivity index (χ2n) is 6.43. The van der Waals surface area contributed by atoms with Gasteiger partial charge in [-0.15, -0.1) is 11.3 Å². The monoisotopic (exact) mass is 596 g/mol. The maximum atomic E-state index is 12.8. The first-order chi connectivity index (χ1) is 15.8. The van der Waals surface area contributed by atoms with Gasteiger partial charge in [-0.3, -0.25) is 9.59 Å². The summed E-state index contributed by atoms with van der Waals surface area (Å²) in [6.45, 7) is -0.534. The van der Waals surface area contributed by atoms with Crippen molar-refractivity contribution in [3.8, 4) is 11.5 Å². The second kappa shape index (κ2) is 11.3. The molecule has 0 aliphatic rings. The SMILES string of the molecule is COc1cc(NC(=O)c2cccs2)c(C(=O)OCC(=O)Nc2ccc(Br)cc2Br)cc1OC. The van der Waals surface area contributed by atoms with E-state index >= 15 is 0 Å². The van der Waals surface area contributed by atoms with E-state index in [1.165, 1.54) is 37.7 Å². The third-order valence-corrected chi connectivity index (χ3v) is 6.29. The predicted molar refractivity (Wildman–Crippen MR) is 133 cm³/mol. The van der Waals surface area contributed by atoms with Crippen molar-refractivity contribution in [3.05, 3.63) is 67.2 Å². The number of esters is 1. The highest BCUT2D eigenvalue weighted by atomic mass is 79.9. The molecule has 2 amide bonds. The van der Waals surface area contributed by atoms with Crippen LogP contribution in [0.5, 0.6) is 11.5 Å². The van der Waals surface area contributed by atoms with Crippen molar-refractivity contribution in [2.45, 2.75) is 0 Å². The Hall–Kier alpha value is -2.89. The van der Waals surface area contributed by atoms with Crippen molar-refractivity contribution in [1.82, 2.24) is 0 Å². The van der Waals surface area contributed by atoms with E-state index in [0.29, 0.717) is 20.8 Å². The molecule has 0 radical (unpaired) electrons. The predicted octanol–water partition coefficient (Wildman–Crippen LogP) is 5.34. The number of anilines is 2. The van der Waals surface area contributed by atoms with Gasteiger partial charge in [-0.2, -0.15) is 0 Å². The van der Waals surface area contributed by atoms with Crippen molar-refractivity contribution < 1.29 is 28.6 Å². The van der Waals surface area contributed by atoms with E-state index in [-0.39, 0.29) is 17.0 Å². The Labute approximate surface area is 210 Å². The Morgan fingerprint density at radius 1 is 0.939 bits per heavy atom. The van der Waals surface area contributed by atoms with E-state index in [1.54, 1.807) is 35.7 Å². The summed E-state index contributed by atoms with van der Waals surface area (Å²) in [7, 11) is 2.85. The van der Waals surface area contributed by atoms with Crippen LogP contribution in [0.25, 0.3) is 0 Å². The molecule has 0 bridgehead atoms. The normalized spacial score (nSPS) is 10.3. The summed E-state index contributed by atoms with van der Waals surface area (Å²) in [6, 6.07) is 11.5. The summed E-state index contributed by atoms with van der Waals surface area (Å²) in [6.07, 6.45) is 0. The van der Waals surface area contributed by atoms with Crippen LogP contribution < -0.4 is 20.1 Å². The molecule has 2 N–H and O–H groups in total. The fourth-order valence-electron chi connectivity index (χ4n) is 2.73. The number of ether oxygens (including phenoxy) is 3. The fraction of sp³-hybridized carbons (Fsp3) is 0.136. The van der Waals surface area contributed by atoms with Crippen molar-refractivity contribution in [2.24, 2.45) is 0 Å².